The third-order valence-electron chi connectivity index (χ3n) is 3.36. The standard InChI is InChI=1S/C13H23N3S/c1-12(2,3)10-8-17-11(16-10)7-15-13(4)5-6-14-9-13/h8,14-15H,5-7,9H2,1-4H3. The highest BCUT2D eigenvalue weighted by Crippen LogP contribution is 2.24. The Labute approximate surface area is 108 Å². The highest BCUT2D eigenvalue weighted by Gasteiger charge is 2.28. The molecule has 1 unspecified atom stereocenters. The summed E-state index contributed by atoms with van der Waals surface area (Å²) in [5.74, 6) is 0. The molecule has 2 N–H and O–H groups in total. The third-order valence-corrected chi connectivity index (χ3v) is 4.20. The summed E-state index contributed by atoms with van der Waals surface area (Å²) < 4.78 is 0. The van der Waals surface area contributed by atoms with Gasteiger partial charge in [-0.1, -0.05) is 20.8 Å². The predicted molar refractivity (Wildman–Crippen MR) is 73.5 cm³/mol. The smallest absolute Gasteiger partial charge is 0.107 e. The van der Waals surface area contributed by atoms with Crippen molar-refractivity contribution in [3.8, 4) is 0 Å². The molecule has 1 fully saturated rings. The monoisotopic (exact) mass is 253 g/mol. The van der Waals surface area contributed by atoms with Gasteiger partial charge in [0.05, 0.1) is 5.69 Å². The van der Waals surface area contributed by atoms with Gasteiger partial charge in [0.2, 0.25) is 0 Å². The second kappa shape index (κ2) is 4.67. The molecule has 1 aromatic heterocycles. The van der Waals surface area contributed by atoms with Gasteiger partial charge in [-0.25, -0.2) is 4.98 Å². The molecule has 0 bridgehead atoms. The maximum absolute atomic E-state index is 4.71. The Kier molecular flexibility index (Phi) is 3.57. The lowest BCUT2D eigenvalue weighted by Crippen LogP contribution is -2.43. The van der Waals surface area contributed by atoms with E-state index in [0.717, 1.165) is 19.6 Å². The van der Waals surface area contributed by atoms with Crippen LogP contribution in [0.4, 0.5) is 0 Å². The van der Waals surface area contributed by atoms with Gasteiger partial charge in [0, 0.05) is 29.4 Å². The van der Waals surface area contributed by atoms with E-state index in [9.17, 15) is 0 Å². The lowest BCUT2D eigenvalue weighted by Gasteiger charge is -2.23. The number of nitrogens with one attached hydrogen (secondary N) is 2. The van der Waals surface area contributed by atoms with E-state index in [1.807, 2.05) is 0 Å². The van der Waals surface area contributed by atoms with Crippen molar-refractivity contribution < 1.29 is 0 Å². The lowest BCUT2D eigenvalue weighted by atomic mass is 9.93. The SMILES string of the molecule is CC1(NCc2nc(C(C)(C)C)cs2)CCNC1. The molecule has 0 amide bonds. The Morgan fingerprint density at radius 1 is 1.53 bits per heavy atom. The number of aromatic nitrogens is 1. The molecule has 1 aliphatic rings. The van der Waals surface area contributed by atoms with Crippen molar-refractivity contribution in [2.24, 2.45) is 0 Å². The van der Waals surface area contributed by atoms with Crippen LogP contribution in [0.3, 0.4) is 0 Å². The van der Waals surface area contributed by atoms with Crippen LogP contribution in [0.15, 0.2) is 5.38 Å². The number of rotatable bonds is 3. The number of hydrogen-bond acceptors (Lipinski definition) is 4. The largest absolute Gasteiger partial charge is 0.315 e. The Bertz CT molecular complexity index is 372. The van der Waals surface area contributed by atoms with Crippen LogP contribution >= 0.6 is 11.3 Å². The van der Waals surface area contributed by atoms with Gasteiger partial charge in [-0.2, -0.15) is 0 Å². The first-order chi connectivity index (χ1) is 7.89. The van der Waals surface area contributed by atoms with E-state index in [2.05, 4.69) is 43.7 Å². The van der Waals surface area contributed by atoms with Gasteiger partial charge in [0.25, 0.3) is 0 Å². The van der Waals surface area contributed by atoms with E-state index in [1.165, 1.54) is 17.1 Å². The van der Waals surface area contributed by atoms with Crippen molar-refractivity contribution in [1.82, 2.24) is 15.6 Å². The highest BCUT2D eigenvalue weighted by atomic mass is 32.1. The van der Waals surface area contributed by atoms with E-state index < -0.39 is 0 Å². The minimum Gasteiger partial charge on any atom is -0.315 e. The normalized spacial score (nSPS) is 25.4. The highest BCUT2D eigenvalue weighted by molar-refractivity contribution is 7.09. The zero-order valence-electron chi connectivity index (χ0n) is 11.3. The van der Waals surface area contributed by atoms with Gasteiger partial charge in [-0.3, -0.25) is 0 Å². The Morgan fingerprint density at radius 2 is 2.29 bits per heavy atom. The minimum absolute atomic E-state index is 0.160. The summed E-state index contributed by atoms with van der Waals surface area (Å²) in [7, 11) is 0. The van der Waals surface area contributed by atoms with E-state index >= 15 is 0 Å². The van der Waals surface area contributed by atoms with E-state index in [0.29, 0.717) is 0 Å². The number of thiazole rings is 1. The molecule has 2 rings (SSSR count). The van der Waals surface area contributed by atoms with Crippen molar-refractivity contribution in [2.75, 3.05) is 13.1 Å². The van der Waals surface area contributed by atoms with Crippen LogP contribution in [-0.4, -0.2) is 23.6 Å². The minimum atomic E-state index is 0.160. The maximum Gasteiger partial charge on any atom is 0.107 e. The average molecular weight is 253 g/mol. The number of hydrogen-bond donors (Lipinski definition) is 2. The van der Waals surface area contributed by atoms with E-state index in [-0.39, 0.29) is 11.0 Å². The summed E-state index contributed by atoms with van der Waals surface area (Å²) >= 11 is 1.76. The lowest BCUT2D eigenvalue weighted by molar-refractivity contribution is 0.385. The molecule has 1 atom stereocenters. The molecule has 0 radical (unpaired) electrons. The molecule has 1 aromatic rings. The second-order valence-corrected chi connectivity index (χ2v) is 7.16. The first-order valence-corrected chi connectivity index (χ1v) is 7.18. The summed E-state index contributed by atoms with van der Waals surface area (Å²) in [6.07, 6.45) is 1.20. The van der Waals surface area contributed by atoms with Crippen LogP contribution in [-0.2, 0) is 12.0 Å². The Balaban J connectivity index is 1.93. The summed E-state index contributed by atoms with van der Waals surface area (Å²) in [6.45, 7) is 12.0. The fourth-order valence-corrected chi connectivity index (χ4v) is 2.95. The third kappa shape index (κ3) is 3.27. The van der Waals surface area contributed by atoms with Crippen molar-refractivity contribution in [3.05, 3.63) is 16.1 Å². The summed E-state index contributed by atoms with van der Waals surface area (Å²) in [6, 6.07) is 0. The molecular formula is C13H23N3S. The van der Waals surface area contributed by atoms with E-state index in [1.54, 1.807) is 11.3 Å². The topological polar surface area (TPSA) is 37.0 Å². The summed E-state index contributed by atoms with van der Waals surface area (Å²) in [4.78, 5) is 4.71. The summed E-state index contributed by atoms with van der Waals surface area (Å²) in [5.41, 5.74) is 1.61. The first kappa shape index (κ1) is 13.0. The zero-order chi connectivity index (χ0) is 12.5. The van der Waals surface area contributed by atoms with Crippen molar-refractivity contribution in [1.29, 1.82) is 0 Å². The predicted octanol–water partition coefficient (Wildman–Crippen LogP) is 2.28. The van der Waals surface area contributed by atoms with Crippen molar-refractivity contribution in [3.63, 3.8) is 0 Å². The first-order valence-electron chi connectivity index (χ1n) is 6.30. The van der Waals surface area contributed by atoms with Gasteiger partial charge in [-0.05, 0) is 19.9 Å². The van der Waals surface area contributed by atoms with E-state index in [4.69, 9.17) is 4.98 Å². The molecule has 0 aliphatic carbocycles. The van der Waals surface area contributed by atoms with Crippen LogP contribution < -0.4 is 10.6 Å². The van der Waals surface area contributed by atoms with Crippen LogP contribution in [0.1, 0.15) is 44.8 Å². The molecule has 2 heterocycles. The molecule has 1 saturated heterocycles. The molecule has 0 spiro atoms. The van der Waals surface area contributed by atoms with Gasteiger partial charge >= 0.3 is 0 Å². The van der Waals surface area contributed by atoms with Gasteiger partial charge in [0.1, 0.15) is 5.01 Å². The molecule has 0 aromatic carbocycles. The fourth-order valence-electron chi connectivity index (χ4n) is 1.99. The fraction of sp³-hybridized carbons (Fsp3) is 0.769. The van der Waals surface area contributed by atoms with Gasteiger partial charge < -0.3 is 10.6 Å². The van der Waals surface area contributed by atoms with Crippen molar-refractivity contribution in [2.45, 2.75) is 51.6 Å². The van der Waals surface area contributed by atoms with Crippen molar-refractivity contribution >= 4 is 11.3 Å². The van der Waals surface area contributed by atoms with Crippen LogP contribution in [0.2, 0.25) is 0 Å². The van der Waals surface area contributed by atoms with Gasteiger partial charge in [0.15, 0.2) is 0 Å². The molecule has 0 saturated carbocycles. The van der Waals surface area contributed by atoms with Crippen LogP contribution in [0.5, 0.6) is 0 Å². The van der Waals surface area contributed by atoms with Crippen LogP contribution in [0, 0.1) is 0 Å². The zero-order valence-corrected chi connectivity index (χ0v) is 12.1. The summed E-state index contributed by atoms with van der Waals surface area (Å²) in [5, 5.41) is 10.4. The quantitative estimate of drug-likeness (QED) is 0.868. The molecular weight excluding hydrogens is 230 g/mol. The molecule has 4 heteroatoms. The average Bonchev–Trinajstić information content (AvgIpc) is 2.83. The molecule has 1 aliphatic heterocycles. The van der Waals surface area contributed by atoms with Crippen LogP contribution in [0.25, 0.3) is 0 Å². The molecule has 17 heavy (non-hydrogen) atoms. The van der Waals surface area contributed by atoms with Gasteiger partial charge in [-0.15, -0.1) is 11.3 Å². The second-order valence-electron chi connectivity index (χ2n) is 6.22. The Morgan fingerprint density at radius 3 is 2.82 bits per heavy atom. The Hall–Kier alpha value is -0.450. The molecule has 3 nitrogen and oxygen atoms in total. The number of nitrogens with zero attached hydrogens (tertiary/aromatic N) is 1. The maximum atomic E-state index is 4.71. The molecule has 96 valence electrons.